The molecule has 0 unspecified atom stereocenters. The third-order valence-electron chi connectivity index (χ3n) is 3.78. The van der Waals surface area contributed by atoms with Crippen LogP contribution in [0.2, 0.25) is 0 Å². The molecule has 0 saturated heterocycles. The van der Waals surface area contributed by atoms with Gasteiger partial charge in [-0.1, -0.05) is 23.8 Å². The molecule has 23 heavy (non-hydrogen) atoms. The number of aryl methyl sites for hydroxylation is 2. The largest absolute Gasteiger partial charge is 0.486 e. The lowest BCUT2D eigenvalue weighted by atomic mass is 10.1. The van der Waals surface area contributed by atoms with Gasteiger partial charge in [0.15, 0.2) is 11.5 Å². The fourth-order valence-electron chi connectivity index (χ4n) is 2.44. The topological polar surface area (TPSA) is 64.6 Å². The lowest BCUT2D eigenvalue weighted by Crippen LogP contribution is -2.24. The number of fused-ring (bicyclic) bond motifs is 1. The molecule has 122 valence electrons. The maximum absolute atomic E-state index is 12.5. The second-order valence-electron chi connectivity index (χ2n) is 5.56. The first-order valence-electron chi connectivity index (χ1n) is 7.41. The molecule has 0 atom stereocenters. The maximum atomic E-state index is 12.5. The van der Waals surface area contributed by atoms with Gasteiger partial charge in [0.2, 0.25) is 10.0 Å². The molecule has 1 heterocycles. The highest BCUT2D eigenvalue weighted by Gasteiger charge is 2.19. The molecule has 0 fully saturated rings. The molecule has 1 aliphatic heterocycles. The van der Waals surface area contributed by atoms with Gasteiger partial charge >= 0.3 is 0 Å². The quantitative estimate of drug-likeness (QED) is 0.934. The van der Waals surface area contributed by atoms with Gasteiger partial charge in [-0.25, -0.2) is 13.1 Å². The first kappa shape index (κ1) is 15.8. The van der Waals surface area contributed by atoms with Crippen molar-refractivity contribution in [3.8, 4) is 11.5 Å². The minimum Gasteiger partial charge on any atom is -0.486 e. The monoisotopic (exact) mass is 333 g/mol. The molecule has 1 aliphatic rings. The normalized spacial score (nSPS) is 13.8. The molecule has 1 N–H and O–H groups in total. The standard InChI is InChI=1S/C17H19NO4S/c1-12-3-4-13(2)14(9-12)11-18-23(19,20)15-5-6-16-17(10-15)22-8-7-21-16/h3-6,9-10,18H,7-8,11H2,1-2H3. The molecule has 0 radical (unpaired) electrons. The predicted molar refractivity (Wildman–Crippen MR) is 87.4 cm³/mol. The third kappa shape index (κ3) is 3.48. The Morgan fingerprint density at radius 3 is 2.52 bits per heavy atom. The van der Waals surface area contributed by atoms with Crippen LogP contribution in [0.15, 0.2) is 41.3 Å². The van der Waals surface area contributed by atoms with E-state index < -0.39 is 10.0 Å². The zero-order valence-corrected chi connectivity index (χ0v) is 13.9. The Kier molecular flexibility index (Phi) is 4.28. The van der Waals surface area contributed by atoms with Crippen molar-refractivity contribution in [3.05, 3.63) is 53.1 Å². The molecule has 0 saturated carbocycles. The van der Waals surface area contributed by atoms with E-state index in [1.54, 1.807) is 6.07 Å². The van der Waals surface area contributed by atoms with Crippen LogP contribution in [-0.2, 0) is 16.6 Å². The summed E-state index contributed by atoms with van der Waals surface area (Å²) in [4.78, 5) is 0.173. The lowest BCUT2D eigenvalue weighted by molar-refractivity contribution is 0.171. The van der Waals surface area contributed by atoms with Gasteiger partial charge in [-0.3, -0.25) is 0 Å². The van der Waals surface area contributed by atoms with Crippen LogP contribution in [0.1, 0.15) is 16.7 Å². The van der Waals surface area contributed by atoms with Gasteiger partial charge in [-0.2, -0.15) is 0 Å². The summed E-state index contributed by atoms with van der Waals surface area (Å²) in [6.07, 6.45) is 0. The number of rotatable bonds is 4. The van der Waals surface area contributed by atoms with Crippen LogP contribution in [-0.4, -0.2) is 21.6 Å². The van der Waals surface area contributed by atoms with Gasteiger partial charge in [0, 0.05) is 12.6 Å². The Hall–Kier alpha value is -2.05. The van der Waals surface area contributed by atoms with E-state index >= 15 is 0 Å². The third-order valence-corrected chi connectivity index (χ3v) is 5.18. The average Bonchev–Trinajstić information content (AvgIpc) is 2.55. The van der Waals surface area contributed by atoms with Gasteiger partial charge in [-0.05, 0) is 37.1 Å². The molecule has 5 nitrogen and oxygen atoms in total. The second-order valence-corrected chi connectivity index (χ2v) is 7.33. The van der Waals surface area contributed by atoms with Crippen molar-refractivity contribution in [3.63, 3.8) is 0 Å². The summed E-state index contributed by atoms with van der Waals surface area (Å²) in [5, 5.41) is 0. The van der Waals surface area contributed by atoms with E-state index in [0.29, 0.717) is 24.7 Å². The molecular formula is C17H19NO4S. The summed E-state index contributed by atoms with van der Waals surface area (Å²) in [5.41, 5.74) is 3.12. The summed E-state index contributed by atoms with van der Waals surface area (Å²) in [6.45, 7) is 5.10. The fraction of sp³-hybridized carbons (Fsp3) is 0.294. The van der Waals surface area contributed by atoms with Crippen molar-refractivity contribution in [2.75, 3.05) is 13.2 Å². The van der Waals surface area contributed by atoms with Crippen molar-refractivity contribution >= 4 is 10.0 Å². The Balaban J connectivity index is 1.80. The number of benzene rings is 2. The van der Waals surface area contributed by atoms with Crippen molar-refractivity contribution in [2.45, 2.75) is 25.3 Å². The Morgan fingerprint density at radius 2 is 1.74 bits per heavy atom. The molecule has 0 bridgehead atoms. The Labute approximate surface area is 136 Å². The fourth-order valence-corrected chi connectivity index (χ4v) is 3.46. The zero-order chi connectivity index (χ0) is 16.4. The molecule has 0 amide bonds. The van der Waals surface area contributed by atoms with Crippen molar-refractivity contribution in [1.29, 1.82) is 0 Å². The average molecular weight is 333 g/mol. The van der Waals surface area contributed by atoms with Gasteiger partial charge in [0.25, 0.3) is 0 Å². The second kappa shape index (κ2) is 6.22. The van der Waals surface area contributed by atoms with Crippen LogP contribution in [0.5, 0.6) is 11.5 Å². The first-order valence-corrected chi connectivity index (χ1v) is 8.89. The van der Waals surface area contributed by atoms with Crippen LogP contribution in [0.3, 0.4) is 0 Å². The minimum absolute atomic E-state index is 0.173. The summed E-state index contributed by atoms with van der Waals surface area (Å²) >= 11 is 0. The molecule has 0 aromatic heterocycles. The van der Waals surface area contributed by atoms with Crippen molar-refractivity contribution < 1.29 is 17.9 Å². The molecule has 0 spiro atoms. The SMILES string of the molecule is Cc1ccc(C)c(CNS(=O)(=O)c2ccc3c(c2)OCCO3)c1. The van der Waals surface area contributed by atoms with Crippen LogP contribution in [0, 0.1) is 13.8 Å². The van der Waals surface area contributed by atoms with Crippen molar-refractivity contribution in [1.82, 2.24) is 4.72 Å². The van der Waals surface area contributed by atoms with Gasteiger partial charge in [0.05, 0.1) is 4.90 Å². The van der Waals surface area contributed by atoms with Crippen LogP contribution < -0.4 is 14.2 Å². The highest BCUT2D eigenvalue weighted by molar-refractivity contribution is 7.89. The highest BCUT2D eigenvalue weighted by Crippen LogP contribution is 2.32. The predicted octanol–water partition coefficient (Wildman–Crippen LogP) is 2.55. The molecule has 2 aromatic rings. The Bertz CT molecular complexity index is 830. The molecule has 2 aromatic carbocycles. The maximum Gasteiger partial charge on any atom is 0.241 e. The summed E-state index contributed by atoms with van der Waals surface area (Å²) in [5.74, 6) is 1.04. The van der Waals surface area contributed by atoms with E-state index in [9.17, 15) is 8.42 Å². The van der Waals surface area contributed by atoms with Gasteiger partial charge < -0.3 is 9.47 Å². The number of nitrogens with one attached hydrogen (secondary N) is 1. The minimum atomic E-state index is -3.61. The van der Waals surface area contributed by atoms with Crippen molar-refractivity contribution in [2.24, 2.45) is 0 Å². The number of hydrogen-bond donors (Lipinski definition) is 1. The summed E-state index contributed by atoms with van der Waals surface area (Å²) in [6, 6.07) is 10.6. The number of sulfonamides is 1. The lowest BCUT2D eigenvalue weighted by Gasteiger charge is -2.19. The summed E-state index contributed by atoms with van der Waals surface area (Å²) in [7, 11) is -3.61. The number of hydrogen-bond acceptors (Lipinski definition) is 4. The molecular weight excluding hydrogens is 314 g/mol. The zero-order valence-electron chi connectivity index (χ0n) is 13.1. The number of ether oxygens (including phenoxy) is 2. The Morgan fingerprint density at radius 1 is 1.00 bits per heavy atom. The molecule has 0 aliphatic carbocycles. The van der Waals surface area contributed by atoms with Gasteiger partial charge in [-0.15, -0.1) is 0 Å². The van der Waals surface area contributed by atoms with E-state index in [0.717, 1.165) is 16.7 Å². The van der Waals surface area contributed by atoms with E-state index in [-0.39, 0.29) is 11.4 Å². The smallest absolute Gasteiger partial charge is 0.241 e. The van der Waals surface area contributed by atoms with Crippen LogP contribution >= 0.6 is 0 Å². The molecule has 6 heteroatoms. The van der Waals surface area contributed by atoms with E-state index in [4.69, 9.17) is 9.47 Å². The van der Waals surface area contributed by atoms with E-state index in [2.05, 4.69) is 4.72 Å². The van der Waals surface area contributed by atoms with Gasteiger partial charge in [0.1, 0.15) is 13.2 Å². The highest BCUT2D eigenvalue weighted by atomic mass is 32.2. The van der Waals surface area contributed by atoms with Crippen LogP contribution in [0.25, 0.3) is 0 Å². The van der Waals surface area contributed by atoms with E-state index in [1.807, 2.05) is 32.0 Å². The first-order chi connectivity index (χ1) is 11.0. The van der Waals surface area contributed by atoms with Crippen LogP contribution in [0.4, 0.5) is 0 Å². The molecule has 3 rings (SSSR count). The summed E-state index contributed by atoms with van der Waals surface area (Å²) < 4.78 is 38.5. The van der Waals surface area contributed by atoms with E-state index in [1.165, 1.54) is 12.1 Å².